The molecule has 2 N–H and O–H groups in total. The summed E-state index contributed by atoms with van der Waals surface area (Å²) in [5.74, 6) is -0.466. The van der Waals surface area contributed by atoms with Crippen molar-refractivity contribution in [2.75, 3.05) is 40.1 Å². The van der Waals surface area contributed by atoms with Gasteiger partial charge in [0.25, 0.3) is 5.91 Å². The highest BCUT2D eigenvalue weighted by molar-refractivity contribution is 6.03. The van der Waals surface area contributed by atoms with Crippen LogP contribution in [0.2, 0.25) is 0 Å². The number of benzene rings is 2. The minimum absolute atomic E-state index is 0.110. The van der Waals surface area contributed by atoms with Crippen LogP contribution in [-0.2, 0) is 9.57 Å². The third-order valence-electron chi connectivity index (χ3n) is 10.6. The zero-order valence-corrected chi connectivity index (χ0v) is 30.5. The summed E-state index contributed by atoms with van der Waals surface area (Å²) in [6.45, 7) is 11.0. The van der Waals surface area contributed by atoms with Crippen molar-refractivity contribution in [3.8, 4) is 17.6 Å². The van der Waals surface area contributed by atoms with Gasteiger partial charge in [-0.3, -0.25) is 4.79 Å². The van der Waals surface area contributed by atoms with Crippen molar-refractivity contribution in [1.82, 2.24) is 4.90 Å². The first kappa shape index (κ1) is 38.8. The van der Waals surface area contributed by atoms with Gasteiger partial charge < -0.3 is 34.2 Å². The first-order chi connectivity index (χ1) is 25.4. The van der Waals surface area contributed by atoms with Crippen LogP contribution in [0.1, 0.15) is 85.7 Å². The van der Waals surface area contributed by atoms with Gasteiger partial charge in [-0.15, -0.1) is 6.58 Å². The number of fused-ring (bicyclic) bond motifs is 2. The van der Waals surface area contributed by atoms with Gasteiger partial charge >= 0.3 is 0 Å². The van der Waals surface area contributed by atoms with Gasteiger partial charge in [-0.2, -0.15) is 5.26 Å². The van der Waals surface area contributed by atoms with Crippen LogP contribution >= 0.6 is 0 Å². The van der Waals surface area contributed by atoms with E-state index in [-0.39, 0.29) is 43.5 Å². The van der Waals surface area contributed by atoms with Crippen LogP contribution in [0.4, 0.5) is 0 Å². The Bertz CT molecular complexity index is 1650. The molecule has 1 saturated carbocycles. The molecule has 1 aliphatic heterocycles. The predicted octanol–water partition coefficient (Wildman–Crippen LogP) is 6.94. The number of oxime groups is 1. The van der Waals surface area contributed by atoms with Gasteiger partial charge in [-0.05, 0) is 92.0 Å². The molecule has 0 radical (unpaired) electrons. The van der Waals surface area contributed by atoms with Crippen LogP contribution in [-0.4, -0.2) is 78.6 Å². The third kappa shape index (κ3) is 7.97. The maximum Gasteiger partial charge on any atom is 0.254 e. The fourth-order valence-corrected chi connectivity index (χ4v) is 8.50. The van der Waals surface area contributed by atoms with Gasteiger partial charge in [0.1, 0.15) is 31.3 Å². The Morgan fingerprint density at radius 2 is 1.81 bits per heavy atom. The number of hydrogen-bond acceptors (Lipinski definition) is 9. The van der Waals surface area contributed by atoms with Crippen LogP contribution < -0.4 is 9.47 Å². The van der Waals surface area contributed by atoms with Crippen molar-refractivity contribution in [2.45, 2.75) is 76.0 Å². The summed E-state index contributed by atoms with van der Waals surface area (Å²) in [6.07, 6.45) is 11.5. The normalized spacial score (nSPS) is 25.1. The number of ether oxygens (including phenoxy) is 3. The SMILES string of the molecule is C=CCOc1ccc2c(c1)[C@H]1[C@H](CCCCO)[C@@H](CCCCO)C=C3C(=NOC)C[C@H](N(CCC)C(=O)c4ccc(C#N)cc4)[C@@](OCC=C)(O2)[C@H]31. The lowest BCUT2D eigenvalue weighted by atomic mass is 9.55. The molecule has 1 amide bonds. The second kappa shape index (κ2) is 18.4. The molecule has 6 atom stereocenters. The zero-order chi connectivity index (χ0) is 37.1. The molecular weight excluding hydrogens is 658 g/mol. The monoisotopic (exact) mass is 711 g/mol. The minimum atomic E-state index is -1.34. The number of nitriles is 1. The molecule has 0 bridgehead atoms. The summed E-state index contributed by atoms with van der Waals surface area (Å²) >= 11 is 0. The number of rotatable bonds is 19. The number of carbonyl (C=O) groups is 1. The quantitative estimate of drug-likeness (QED) is 0.0910. The summed E-state index contributed by atoms with van der Waals surface area (Å²) in [5, 5.41) is 33.6. The van der Waals surface area contributed by atoms with Crippen molar-refractivity contribution >= 4 is 11.6 Å². The molecule has 10 nitrogen and oxygen atoms in total. The predicted molar refractivity (Wildman–Crippen MR) is 200 cm³/mol. The molecule has 0 spiro atoms. The van der Waals surface area contributed by atoms with E-state index in [4.69, 9.17) is 19.0 Å². The van der Waals surface area contributed by atoms with Crippen molar-refractivity contribution < 1.29 is 34.1 Å². The van der Waals surface area contributed by atoms with E-state index in [1.54, 1.807) is 36.4 Å². The molecule has 2 aromatic rings. The van der Waals surface area contributed by atoms with Gasteiger partial charge in [0, 0.05) is 43.2 Å². The average Bonchev–Trinajstić information content (AvgIpc) is 3.17. The van der Waals surface area contributed by atoms with Crippen LogP contribution in [0, 0.1) is 29.1 Å². The molecule has 1 heterocycles. The summed E-state index contributed by atoms with van der Waals surface area (Å²) in [7, 11) is 1.54. The van der Waals surface area contributed by atoms with Crippen molar-refractivity contribution in [1.29, 1.82) is 5.26 Å². The number of carbonyl (C=O) groups excluding carboxylic acids is 1. The van der Waals surface area contributed by atoms with Crippen molar-refractivity contribution in [3.05, 3.63) is 96.1 Å². The third-order valence-corrected chi connectivity index (χ3v) is 10.6. The standard InChI is InChI=1S/C42H53N3O7/c1-5-20-45(41(48)30-16-14-29(28-43)15-17-30)38-27-36(44-49-4)34-25-31(12-8-10-21-46)33(13-9-11-22-47)39-35-26-32(50-23-6-2)18-19-37(35)52-42(38,40(34)39)51-24-7-3/h6-7,14-19,25-26,31,33,38-40,46-47H,2-3,5,8-13,20-24,27H2,1,4H3/t31-,33+,38-,39+,40+,42+/m0/s1. The number of aliphatic hydroxyl groups excluding tert-OH is 2. The Kier molecular flexibility index (Phi) is 13.7. The molecular formula is C42H53N3O7. The molecule has 2 aliphatic carbocycles. The molecule has 0 saturated heterocycles. The number of nitrogens with zero attached hydrogens (tertiary/aromatic N) is 3. The van der Waals surface area contributed by atoms with E-state index < -0.39 is 17.7 Å². The van der Waals surface area contributed by atoms with Crippen molar-refractivity contribution in [2.24, 2.45) is 22.9 Å². The van der Waals surface area contributed by atoms with Gasteiger partial charge in [0.05, 0.1) is 29.9 Å². The Morgan fingerprint density at radius 1 is 1.08 bits per heavy atom. The summed E-state index contributed by atoms with van der Waals surface area (Å²) < 4.78 is 20.3. The van der Waals surface area contributed by atoms with Crippen molar-refractivity contribution in [3.63, 3.8) is 0 Å². The van der Waals surface area contributed by atoms with E-state index in [9.17, 15) is 20.3 Å². The average molecular weight is 712 g/mol. The summed E-state index contributed by atoms with van der Waals surface area (Å²) in [6, 6.07) is 14.1. The molecule has 5 rings (SSSR count). The van der Waals surface area contributed by atoms with Gasteiger partial charge in [0.2, 0.25) is 5.79 Å². The molecule has 2 aromatic carbocycles. The van der Waals surface area contributed by atoms with E-state index in [1.165, 1.54) is 7.11 Å². The number of allylic oxidation sites excluding steroid dienone is 1. The summed E-state index contributed by atoms with van der Waals surface area (Å²) in [5.41, 5.74) is 3.64. The highest BCUT2D eigenvalue weighted by Crippen LogP contribution is 2.62. The van der Waals surface area contributed by atoms with Crippen LogP contribution in [0.3, 0.4) is 0 Å². The lowest BCUT2D eigenvalue weighted by molar-refractivity contribution is -0.254. The second-order valence-corrected chi connectivity index (χ2v) is 13.7. The second-order valence-electron chi connectivity index (χ2n) is 13.7. The van der Waals surface area contributed by atoms with E-state index in [0.717, 1.165) is 42.5 Å². The van der Waals surface area contributed by atoms with Crippen LogP contribution in [0.25, 0.3) is 0 Å². The maximum atomic E-state index is 14.6. The fraction of sp³-hybridized carbons (Fsp3) is 0.500. The molecule has 1 fully saturated rings. The zero-order valence-electron chi connectivity index (χ0n) is 30.5. The van der Waals surface area contributed by atoms with E-state index >= 15 is 0 Å². The maximum absolute atomic E-state index is 14.6. The van der Waals surface area contributed by atoms with E-state index in [2.05, 4.69) is 36.5 Å². The van der Waals surface area contributed by atoms with E-state index in [0.29, 0.717) is 61.5 Å². The molecule has 3 aliphatic rings. The van der Waals surface area contributed by atoms with Crippen LogP contribution in [0.5, 0.6) is 11.5 Å². The number of hydrogen-bond donors (Lipinski definition) is 2. The van der Waals surface area contributed by atoms with Crippen LogP contribution in [0.15, 0.2) is 84.6 Å². The minimum Gasteiger partial charge on any atom is -0.490 e. The number of unbranched alkanes of at least 4 members (excludes halogenated alkanes) is 2. The highest BCUT2D eigenvalue weighted by Gasteiger charge is 2.65. The number of aliphatic hydroxyl groups is 2. The largest absolute Gasteiger partial charge is 0.490 e. The Morgan fingerprint density at radius 3 is 2.46 bits per heavy atom. The number of amides is 1. The van der Waals surface area contributed by atoms with E-state index in [1.807, 2.05) is 24.0 Å². The Hall–Kier alpha value is -4.43. The molecule has 52 heavy (non-hydrogen) atoms. The lowest BCUT2D eigenvalue weighted by Crippen LogP contribution is -2.70. The Labute approximate surface area is 308 Å². The molecule has 0 aromatic heterocycles. The van der Waals surface area contributed by atoms with Gasteiger partial charge in [-0.25, -0.2) is 0 Å². The molecule has 278 valence electrons. The topological polar surface area (TPSA) is 134 Å². The first-order valence-electron chi connectivity index (χ1n) is 18.6. The fourth-order valence-electron chi connectivity index (χ4n) is 8.50. The lowest BCUT2D eigenvalue weighted by Gasteiger charge is -2.60. The first-order valence-corrected chi connectivity index (χ1v) is 18.6. The highest BCUT2D eigenvalue weighted by atomic mass is 16.7. The smallest absolute Gasteiger partial charge is 0.254 e. The Balaban J connectivity index is 1.77. The molecule has 0 unspecified atom stereocenters. The van der Waals surface area contributed by atoms with Gasteiger partial charge in [0.15, 0.2) is 0 Å². The van der Waals surface area contributed by atoms with Gasteiger partial charge in [-0.1, -0.05) is 49.7 Å². The summed E-state index contributed by atoms with van der Waals surface area (Å²) in [4.78, 5) is 22.0. The molecule has 10 heteroatoms.